The second-order valence-electron chi connectivity index (χ2n) is 5.59. The quantitative estimate of drug-likeness (QED) is 0.765. The van der Waals surface area contributed by atoms with E-state index in [0.29, 0.717) is 6.04 Å². The first-order chi connectivity index (χ1) is 10.3. The standard InChI is InChI=1S/C17H28N4/c1-4-7-17(19-6-3)15-8-10-20(12-15)13-16-11-18-14-21(16)9-5-2/h8,10-12,14,17,19H,4-7,9,13H2,1-3H3. The highest BCUT2D eigenvalue weighted by Gasteiger charge is 2.11. The molecule has 4 heteroatoms. The van der Waals surface area contributed by atoms with E-state index in [4.69, 9.17) is 0 Å². The third-order valence-corrected chi connectivity index (χ3v) is 3.81. The Bertz CT molecular complexity index is 520. The topological polar surface area (TPSA) is 34.8 Å². The predicted molar refractivity (Wildman–Crippen MR) is 87.4 cm³/mol. The molecule has 0 saturated carbocycles. The summed E-state index contributed by atoms with van der Waals surface area (Å²) >= 11 is 0. The van der Waals surface area contributed by atoms with Gasteiger partial charge in [0.1, 0.15) is 0 Å². The van der Waals surface area contributed by atoms with Crippen molar-refractivity contribution in [2.24, 2.45) is 0 Å². The van der Waals surface area contributed by atoms with Crippen LogP contribution in [0.25, 0.3) is 0 Å². The molecular weight excluding hydrogens is 260 g/mol. The summed E-state index contributed by atoms with van der Waals surface area (Å²) in [6.45, 7) is 9.56. The number of rotatable bonds is 9. The van der Waals surface area contributed by atoms with Crippen molar-refractivity contribution in [3.63, 3.8) is 0 Å². The second-order valence-corrected chi connectivity index (χ2v) is 5.59. The molecule has 1 N–H and O–H groups in total. The van der Waals surface area contributed by atoms with Crippen LogP contribution in [0.5, 0.6) is 0 Å². The van der Waals surface area contributed by atoms with Gasteiger partial charge in [0.05, 0.1) is 18.6 Å². The van der Waals surface area contributed by atoms with Crippen LogP contribution in [0.3, 0.4) is 0 Å². The van der Waals surface area contributed by atoms with Gasteiger partial charge < -0.3 is 14.5 Å². The summed E-state index contributed by atoms with van der Waals surface area (Å²) in [7, 11) is 0. The van der Waals surface area contributed by atoms with Crippen molar-refractivity contribution in [2.75, 3.05) is 6.54 Å². The maximum atomic E-state index is 4.27. The molecule has 0 radical (unpaired) electrons. The molecule has 1 atom stereocenters. The molecule has 0 saturated heterocycles. The van der Waals surface area contributed by atoms with E-state index < -0.39 is 0 Å². The van der Waals surface area contributed by atoms with Gasteiger partial charge >= 0.3 is 0 Å². The molecule has 0 bridgehead atoms. The lowest BCUT2D eigenvalue weighted by molar-refractivity contribution is 0.508. The summed E-state index contributed by atoms with van der Waals surface area (Å²) in [5.41, 5.74) is 2.66. The maximum absolute atomic E-state index is 4.27. The molecule has 2 aromatic rings. The molecule has 0 fully saturated rings. The third kappa shape index (κ3) is 4.21. The van der Waals surface area contributed by atoms with Crippen LogP contribution in [0.15, 0.2) is 31.0 Å². The van der Waals surface area contributed by atoms with Gasteiger partial charge in [0.25, 0.3) is 0 Å². The summed E-state index contributed by atoms with van der Waals surface area (Å²) in [5, 5.41) is 3.57. The smallest absolute Gasteiger partial charge is 0.0948 e. The zero-order valence-electron chi connectivity index (χ0n) is 13.5. The van der Waals surface area contributed by atoms with Crippen molar-refractivity contribution in [3.05, 3.63) is 42.2 Å². The molecule has 0 amide bonds. The Labute approximate surface area is 128 Å². The Kier molecular flexibility index (Phi) is 6.05. The summed E-state index contributed by atoms with van der Waals surface area (Å²) in [5.74, 6) is 0. The molecular formula is C17H28N4. The van der Waals surface area contributed by atoms with Crippen molar-refractivity contribution in [2.45, 2.75) is 59.2 Å². The van der Waals surface area contributed by atoms with E-state index in [9.17, 15) is 0 Å². The lowest BCUT2D eigenvalue weighted by Crippen LogP contribution is -2.20. The average Bonchev–Trinajstić information content (AvgIpc) is 3.10. The molecule has 21 heavy (non-hydrogen) atoms. The minimum absolute atomic E-state index is 0.474. The van der Waals surface area contributed by atoms with E-state index in [-0.39, 0.29) is 0 Å². The Morgan fingerprint density at radius 3 is 2.81 bits per heavy atom. The molecule has 116 valence electrons. The van der Waals surface area contributed by atoms with E-state index >= 15 is 0 Å². The molecule has 2 rings (SSSR count). The van der Waals surface area contributed by atoms with E-state index in [1.807, 2.05) is 12.5 Å². The Balaban J connectivity index is 2.06. The summed E-state index contributed by atoms with van der Waals surface area (Å²) in [4.78, 5) is 4.27. The number of nitrogens with zero attached hydrogens (tertiary/aromatic N) is 3. The first-order valence-electron chi connectivity index (χ1n) is 8.16. The Morgan fingerprint density at radius 1 is 1.24 bits per heavy atom. The van der Waals surface area contributed by atoms with Crippen LogP contribution in [0, 0.1) is 0 Å². The largest absolute Gasteiger partial charge is 0.348 e. The predicted octanol–water partition coefficient (Wildman–Crippen LogP) is 3.59. The first-order valence-corrected chi connectivity index (χ1v) is 8.16. The maximum Gasteiger partial charge on any atom is 0.0948 e. The number of nitrogens with one attached hydrogen (secondary N) is 1. The van der Waals surface area contributed by atoms with Gasteiger partial charge in [0, 0.05) is 31.2 Å². The summed E-state index contributed by atoms with van der Waals surface area (Å²) in [6.07, 6.45) is 11.9. The van der Waals surface area contributed by atoms with E-state index in [2.05, 4.69) is 58.7 Å². The van der Waals surface area contributed by atoms with Crippen LogP contribution >= 0.6 is 0 Å². The van der Waals surface area contributed by atoms with Crippen molar-refractivity contribution in [1.82, 2.24) is 19.4 Å². The minimum atomic E-state index is 0.474. The van der Waals surface area contributed by atoms with Crippen LogP contribution in [-0.4, -0.2) is 20.7 Å². The van der Waals surface area contributed by atoms with Crippen molar-refractivity contribution in [3.8, 4) is 0 Å². The van der Waals surface area contributed by atoms with E-state index in [0.717, 1.165) is 26.1 Å². The van der Waals surface area contributed by atoms with Gasteiger partial charge in [-0.2, -0.15) is 0 Å². The van der Waals surface area contributed by atoms with Crippen LogP contribution < -0.4 is 5.32 Å². The molecule has 2 heterocycles. The van der Waals surface area contributed by atoms with Gasteiger partial charge in [-0.15, -0.1) is 0 Å². The van der Waals surface area contributed by atoms with Crippen molar-refractivity contribution < 1.29 is 0 Å². The lowest BCUT2D eigenvalue weighted by atomic mass is 10.1. The second kappa shape index (κ2) is 8.03. The highest BCUT2D eigenvalue weighted by molar-refractivity contribution is 5.16. The first kappa shape index (κ1) is 15.8. The van der Waals surface area contributed by atoms with Gasteiger partial charge in [0.2, 0.25) is 0 Å². The molecule has 0 aromatic carbocycles. The van der Waals surface area contributed by atoms with Gasteiger partial charge in [0.15, 0.2) is 0 Å². The van der Waals surface area contributed by atoms with Crippen LogP contribution in [0.4, 0.5) is 0 Å². The van der Waals surface area contributed by atoms with Gasteiger partial charge in [-0.05, 0) is 31.0 Å². The number of aromatic nitrogens is 3. The third-order valence-electron chi connectivity index (χ3n) is 3.81. The molecule has 0 aliphatic rings. The van der Waals surface area contributed by atoms with E-state index in [1.165, 1.54) is 24.1 Å². The molecule has 1 unspecified atom stereocenters. The van der Waals surface area contributed by atoms with Crippen LogP contribution in [0.2, 0.25) is 0 Å². The summed E-state index contributed by atoms with van der Waals surface area (Å²) in [6, 6.07) is 2.71. The van der Waals surface area contributed by atoms with Crippen LogP contribution in [-0.2, 0) is 13.1 Å². The van der Waals surface area contributed by atoms with Crippen molar-refractivity contribution >= 4 is 0 Å². The van der Waals surface area contributed by atoms with Gasteiger partial charge in [-0.3, -0.25) is 0 Å². The van der Waals surface area contributed by atoms with Crippen LogP contribution in [0.1, 0.15) is 57.3 Å². The number of imidazole rings is 1. The summed E-state index contributed by atoms with van der Waals surface area (Å²) < 4.78 is 4.51. The fraction of sp³-hybridized carbons (Fsp3) is 0.588. The number of aryl methyl sites for hydroxylation is 1. The van der Waals surface area contributed by atoms with Gasteiger partial charge in [-0.1, -0.05) is 27.2 Å². The zero-order chi connectivity index (χ0) is 15.1. The Morgan fingerprint density at radius 2 is 2.10 bits per heavy atom. The monoisotopic (exact) mass is 288 g/mol. The molecule has 4 nitrogen and oxygen atoms in total. The average molecular weight is 288 g/mol. The van der Waals surface area contributed by atoms with E-state index in [1.54, 1.807) is 0 Å². The van der Waals surface area contributed by atoms with Gasteiger partial charge in [-0.25, -0.2) is 4.98 Å². The molecule has 0 aliphatic heterocycles. The highest BCUT2D eigenvalue weighted by Crippen LogP contribution is 2.19. The highest BCUT2D eigenvalue weighted by atomic mass is 15.1. The zero-order valence-corrected chi connectivity index (χ0v) is 13.5. The number of hydrogen-bond acceptors (Lipinski definition) is 2. The molecule has 2 aromatic heterocycles. The normalized spacial score (nSPS) is 12.7. The molecule has 0 spiro atoms. The lowest BCUT2D eigenvalue weighted by Gasteiger charge is -2.15. The number of hydrogen-bond donors (Lipinski definition) is 1. The SMILES string of the molecule is CCCC(NCC)c1ccn(Cc2cncn2CCC)c1. The Hall–Kier alpha value is -1.55. The fourth-order valence-electron chi connectivity index (χ4n) is 2.79. The fourth-order valence-corrected chi connectivity index (χ4v) is 2.79. The molecule has 0 aliphatic carbocycles. The van der Waals surface area contributed by atoms with Crippen molar-refractivity contribution in [1.29, 1.82) is 0 Å². The minimum Gasteiger partial charge on any atom is -0.348 e.